The molecule has 6 atom stereocenters. The van der Waals surface area contributed by atoms with Crippen molar-refractivity contribution < 1.29 is 32.8 Å². The predicted octanol–water partition coefficient (Wildman–Crippen LogP) is 5.82. The van der Waals surface area contributed by atoms with Gasteiger partial charge in [-0.3, -0.25) is 0 Å². The molecule has 240 valence electrons. The zero-order chi connectivity index (χ0) is 30.4. The molecule has 3 aliphatic carbocycles. The number of hydrogen-bond acceptors (Lipinski definition) is 7. The first-order valence-electron chi connectivity index (χ1n) is 16.9. The number of rotatable bonds is 7. The van der Waals surface area contributed by atoms with Gasteiger partial charge < -0.3 is 32.8 Å². The Morgan fingerprint density at radius 2 is 1.07 bits per heavy atom. The molecule has 2 aromatic rings. The minimum absolute atomic E-state index is 0.133. The first-order chi connectivity index (χ1) is 21.3. The zero-order valence-corrected chi connectivity index (χ0v) is 27.9. The van der Waals surface area contributed by atoms with Crippen molar-refractivity contribution in [2.45, 2.75) is 138 Å². The van der Waals surface area contributed by atoms with Crippen LogP contribution in [0.25, 0.3) is 0 Å². The van der Waals surface area contributed by atoms with Crippen molar-refractivity contribution in [3.05, 3.63) is 60.7 Å². The quantitative estimate of drug-likeness (QED) is 0.285. The van der Waals surface area contributed by atoms with Crippen molar-refractivity contribution in [2.75, 3.05) is 13.9 Å². The fourth-order valence-corrected chi connectivity index (χ4v) is 13.4. The van der Waals surface area contributed by atoms with Crippen LogP contribution in [0.1, 0.15) is 85.0 Å². The third-order valence-corrected chi connectivity index (χ3v) is 15.7. The molecule has 7 rings (SSSR count). The molecule has 5 fully saturated rings. The minimum Gasteiger partial charge on any atom is -0.399 e. The molecule has 2 aliphatic heterocycles. The molecular weight excluding hydrogens is 572 g/mol. The number of hydrogen-bond donors (Lipinski definition) is 0. The zero-order valence-electron chi connectivity index (χ0n) is 26.9. The molecular formula is C36H50O7Si. The van der Waals surface area contributed by atoms with Crippen LogP contribution in [0, 0.1) is 0 Å². The molecule has 2 spiro atoms. The molecule has 0 bridgehead atoms. The van der Waals surface area contributed by atoms with Crippen molar-refractivity contribution in [3.8, 4) is 0 Å². The van der Waals surface area contributed by atoms with Crippen LogP contribution in [-0.4, -0.2) is 70.4 Å². The summed E-state index contributed by atoms with van der Waals surface area (Å²) >= 11 is 0. The van der Waals surface area contributed by atoms with Gasteiger partial charge in [0, 0.05) is 32.8 Å². The van der Waals surface area contributed by atoms with Gasteiger partial charge in [-0.25, -0.2) is 0 Å². The molecule has 0 amide bonds. The third-order valence-electron chi connectivity index (χ3n) is 10.7. The van der Waals surface area contributed by atoms with E-state index in [1.54, 1.807) is 7.11 Å². The van der Waals surface area contributed by atoms with Gasteiger partial charge in [-0.1, -0.05) is 94.3 Å². The summed E-state index contributed by atoms with van der Waals surface area (Å²) in [5.74, 6) is -1.22. The van der Waals surface area contributed by atoms with E-state index in [1.165, 1.54) is 23.2 Å². The fourth-order valence-electron chi connectivity index (χ4n) is 8.72. The summed E-state index contributed by atoms with van der Waals surface area (Å²) in [6.45, 7) is 7.07. The van der Waals surface area contributed by atoms with Crippen LogP contribution in [-0.2, 0) is 32.8 Å². The summed E-state index contributed by atoms with van der Waals surface area (Å²) < 4.78 is 48.3. The Labute approximate surface area is 264 Å². The maximum atomic E-state index is 7.87. The maximum Gasteiger partial charge on any atom is 0.261 e. The van der Waals surface area contributed by atoms with Gasteiger partial charge >= 0.3 is 0 Å². The molecule has 3 saturated carbocycles. The number of ether oxygens (including phenoxy) is 6. The van der Waals surface area contributed by atoms with E-state index in [9.17, 15) is 0 Å². The normalized spacial score (nSPS) is 32.9. The van der Waals surface area contributed by atoms with Crippen LogP contribution in [0.2, 0.25) is 5.04 Å². The van der Waals surface area contributed by atoms with Gasteiger partial charge in [-0.05, 0) is 41.1 Å². The highest BCUT2D eigenvalue weighted by molar-refractivity contribution is 6.99. The molecule has 2 heterocycles. The lowest BCUT2D eigenvalue weighted by Crippen LogP contribution is -2.72. The highest BCUT2D eigenvalue weighted by Gasteiger charge is 2.68. The molecule has 7 nitrogen and oxygen atoms in total. The standard InChI is InChI=1S/C36H50O7Si/c1-34(2,3)44(26-17-9-5-10-18-26,27-19-11-6-12-20-27)43-33-28(38-25-37-4)29-30(40-35(39-29)21-13-7-14-22-35)31-32(33)42-36(41-31)23-15-8-16-24-36/h5-6,9-12,17-20,28-33H,7-8,13-16,21-25H2,1-4H3/t28-,29-,30+,31-,32-,33+/m1/s1. The van der Waals surface area contributed by atoms with Crippen LogP contribution in [0.3, 0.4) is 0 Å². The average Bonchev–Trinajstić information content (AvgIpc) is 3.58. The highest BCUT2D eigenvalue weighted by Crippen LogP contribution is 2.53. The fraction of sp³-hybridized carbons (Fsp3) is 0.667. The van der Waals surface area contributed by atoms with E-state index in [0.29, 0.717) is 0 Å². The van der Waals surface area contributed by atoms with Gasteiger partial charge in [0.05, 0.1) is 0 Å². The Hall–Kier alpha value is -1.62. The van der Waals surface area contributed by atoms with Gasteiger partial charge in [-0.2, -0.15) is 0 Å². The molecule has 2 aromatic carbocycles. The average molecular weight is 623 g/mol. The minimum atomic E-state index is -2.98. The second-order valence-corrected chi connectivity index (χ2v) is 18.8. The summed E-state index contributed by atoms with van der Waals surface area (Å²) in [4.78, 5) is 0. The van der Waals surface area contributed by atoms with E-state index in [0.717, 1.165) is 51.4 Å². The van der Waals surface area contributed by atoms with E-state index < -0.39 is 32.1 Å². The summed E-state index contributed by atoms with van der Waals surface area (Å²) in [6, 6.07) is 21.6. The summed E-state index contributed by atoms with van der Waals surface area (Å²) in [5.41, 5.74) is 0. The monoisotopic (exact) mass is 622 g/mol. The highest BCUT2D eigenvalue weighted by atomic mass is 28.4. The Morgan fingerprint density at radius 1 is 0.636 bits per heavy atom. The Bertz CT molecular complexity index is 1190. The smallest absolute Gasteiger partial charge is 0.261 e. The predicted molar refractivity (Wildman–Crippen MR) is 170 cm³/mol. The van der Waals surface area contributed by atoms with Gasteiger partial charge in [0.25, 0.3) is 8.32 Å². The van der Waals surface area contributed by atoms with Crippen LogP contribution >= 0.6 is 0 Å². The van der Waals surface area contributed by atoms with Gasteiger partial charge in [0.1, 0.15) is 43.4 Å². The van der Waals surface area contributed by atoms with E-state index >= 15 is 0 Å². The van der Waals surface area contributed by atoms with E-state index in [1.807, 2.05) is 0 Å². The molecule has 2 saturated heterocycles. The van der Waals surface area contributed by atoms with Crippen molar-refractivity contribution in [3.63, 3.8) is 0 Å². The number of benzene rings is 2. The summed E-state index contributed by atoms with van der Waals surface area (Å²) in [7, 11) is -1.31. The molecule has 0 radical (unpaired) electrons. The lowest BCUT2D eigenvalue weighted by atomic mass is 9.85. The van der Waals surface area contributed by atoms with E-state index in [-0.39, 0.29) is 36.2 Å². The number of fused-ring (bicyclic) bond motifs is 3. The van der Waals surface area contributed by atoms with Crippen LogP contribution in [0.4, 0.5) is 0 Å². The molecule has 44 heavy (non-hydrogen) atoms. The second kappa shape index (κ2) is 12.2. The SMILES string of the molecule is COCO[C@@H]1[C@H]2OC3(CCCCC3)O[C@@H]2[C@H]2OC3(CCCCC3)O[C@H]2[C@H]1O[Si](c1ccccc1)(c1ccccc1)C(C)(C)C. The largest absolute Gasteiger partial charge is 0.399 e. The van der Waals surface area contributed by atoms with Gasteiger partial charge in [0.15, 0.2) is 11.6 Å². The number of methoxy groups -OCH3 is 1. The Balaban J connectivity index is 1.36. The molecule has 8 heteroatoms. The lowest BCUT2D eigenvalue weighted by Gasteiger charge is -2.50. The molecule has 5 aliphatic rings. The van der Waals surface area contributed by atoms with Crippen LogP contribution in [0.15, 0.2) is 60.7 Å². The maximum absolute atomic E-state index is 7.87. The Morgan fingerprint density at radius 3 is 1.50 bits per heavy atom. The molecule has 0 aromatic heterocycles. The summed E-state index contributed by atoms with van der Waals surface area (Å²) in [5, 5.41) is 2.23. The van der Waals surface area contributed by atoms with Crippen molar-refractivity contribution in [1.82, 2.24) is 0 Å². The summed E-state index contributed by atoms with van der Waals surface area (Å²) in [6.07, 6.45) is 8.15. The van der Waals surface area contributed by atoms with E-state index in [4.69, 9.17) is 32.8 Å². The third kappa shape index (κ3) is 5.33. The first kappa shape index (κ1) is 31.0. The molecule has 0 unspecified atom stereocenters. The van der Waals surface area contributed by atoms with Crippen molar-refractivity contribution in [2.24, 2.45) is 0 Å². The van der Waals surface area contributed by atoms with Crippen LogP contribution in [0.5, 0.6) is 0 Å². The van der Waals surface area contributed by atoms with Gasteiger partial charge in [-0.15, -0.1) is 0 Å². The second-order valence-electron chi connectivity index (χ2n) is 14.6. The lowest BCUT2D eigenvalue weighted by molar-refractivity contribution is -0.231. The van der Waals surface area contributed by atoms with Crippen molar-refractivity contribution >= 4 is 18.7 Å². The van der Waals surface area contributed by atoms with Crippen LogP contribution < -0.4 is 10.4 Å². The first-order valence-corrected chi connectivity index (χ1v) is 18.8. The van der Waals surface area contributed by atoms with Crippen molar-refractivity contribution in [1.29, 1.82) is 0 Å². The van der Waals surface area contributed by atoms with Gasteiger partial charge in [0.2, 0.25) is 0 Å². The topological polar surface area (TPSA) is 64.6 Å². The molecule has 0 N–H and O–H groups in total. The van der Waals surface area contributed by atoms with E-state index in [2.05, 4.69) is 81.4 Å². The Kier molecular flexibility index (Phi) is 8.59.